The van der Waals surface area contributed by atoms with E-state index in [4.69, 9.17) is 4.74 Å². The van der Waals surface area contributed by atoms with E-state index in [1.807, 2.05) is 25.7 Å². The maximum absolute atomic E-state index is 12.5. The Morgan fingerprint density at radius 1 is 1.09 bits per heavy atom. The summed E-state index contributed by atoms with van der Waals surface area (Å²) in [7, 11) is 0. The van der Waals surface area contributed by atoms with Crippen molar-refractivity contribution in [2.45, 2.75) is 71.4 Å². The topological polar surface area (TPSA) is 49.9 Å². The minimum Gasteiger partial charge on any atom is -0.444 e. The highest BCUT2D eigenvalue weighted by Crippen LogP contribution is 2.25. The van der Waals surface area contributed by atoms with Crippen LogP contribution in [0.1, 0.15) is 59.8 Å². The molecule has 0 aromatic carbocycles. The van der Waals surface area contributed by atoms with Crippen LogP contribution < -0.4 is 0 Å². The molecule has 2 rings (SSSR count). The van der Waals surface area contributed by atoms with E-state index in [0.29, 0.717) is 18.9 Å². The Bertz CT molecular complexity index is 409. The van der Waals surface area contributed by atoms with Crippen molar-refractivity contribution in [3.8, 4) is 0 Å². The van der Waals surface area contributed by atoms with Crippen molar-refractivity contribution < 1.29 is 14.3 Å². The molecule has 0 aliphatic carbocycles. The van der Waals surface area contributed by atoms with Crippen LogP contribution >= 0.6 is 0 Å². The maximum Gasteiger partial charge on any atom is 0.410 e. The normalized spacial score (nSPS) is 23.7. The number of hydrogen-bond donors (Lipinski definition) is 0. The van der Waals surface area contributed by atoms with Crippen molar-refractivity contribution >= 4 is 12.0 Å². The number of likely N-dealkylation sites (tertiary alicyclic amines) is 2. The van der Waals surface area contributed by atoms with Gasteiger partial charge < -0.3 is 14.5 Å². The molecule has 0 radical (unpaired) electrons. The van der Waals surface area contributed by atoms with Gasteiger partial charge >= 0.3 is 6.09 Å². The fraction of sp³-hybridized carbons (Fsp3) is 0.882. The standard InChI is InChI=1S/C17H30N2O3/c1-13-7-10-18(11-8-13)15(20)12-14-6-5-9-19(14)16(21)22-17(2,3)4/h13-14H,5-12H2,1-4H3/t14-/m1/s1. The summed E-state index contributed by atoms with van der Waals surface area (Å²) in [6, 6.07) is 0.00157. The molecule has 126 valence electrons. The van der Waals surface area contributed by atoms with E-state index in [9.17, 15) is 9.59 Å². The molecule has 2 amide bonds. The third-order valence-electron chi connectivity index (χ3n) is 4.55. The molecular weight excluding hydrogens is 280 g/mol. The SMILES string of the molecule is CC1CCN(C(=O)C[C@H]2CCCN2C(=O)OC(C)(C)C)CC1. The Labute approximate surface area is 134 Å². The van der Waals surface area contributed by atoms with Gasteiger partial charge in [0.25, 0.3) is 0 Å². The van der Waals surface area contributed by atoms with Crippen LogP contribution in [0.5, 0.6) is 0 Å². The van der Waals surface area contributed by atoms with Crippen LogP contribution in [0.2, 0.25) is 0 Å². The van der Waals surface area contributed by atoms with Crippen molar-refractivity contribution in [2.75, 3.05) is 19.6 Å². The first-order valence-corrected chi connectivity index (χ1v) is 8.53. The van der Waals surface area contributed by atoms with Crippen LogP contribution in [0, 0.1) is 5.92 Å². The summed E-state index contributed by atoms with van der Waals surface area (Å²) in [5, 5.41) is 0. The fourth-order valence-electron chi connectivity index (χ4n) is 3.20. The highest BCUT2D eigenvalue weighted by molar-refractivity contribution is 5.78. The quantitative estimate of drug-likeness (QED) is 0.787. The van der Waals surface area contributed by atoms with Gasteiger partial charge in [0.2, 0.25) is 5.91 Å². The molecule has 2 fully saturated rings. The average Bonchev–Trinajstić information content (AvgIpc) is 2.85. The van der Waals surface area contributed by atoms with E-state index in [0.717, 1.165) is 38.8 Å². The molecule has 0 unspecified atom stereocenters. The maximum atomic E-state index is 12.5. The van der Waals surface area contributed by atoms with Gasteiger partial charge in [-0.05, 0) is 52.4 Å². The Morgan fingerprint density at radius 3 is 2.32 bits per heavy atom. The molecule has 0 aromatic rings. The van der Waals surface area contributed by atoms with E-state index < -0.39 is 5.60 Å². The number of amides is 2. The van der Waals surface area contributed by atoms with E-state index in [-0.39, 0.29) is 18.0 Å². The lowest BCUT2D eigenvalue weighted by atomic mass is 9.98. The zero-order chi connectivity index (χ0) is 16.3. The first-order valence-electron chi connectivity index (χ1n) is 8.53. The summed E-state index contributed by atoms with van der Waals surface area (Å²) in [6.45, 7) is 10.3. The minimum absolute atomic E-state index is 0.00157. The van der Waals surface area contributed by atoms with Gasteiger partial charge in [-0.25, -0.2) is 4.79 Å². The molecule has 5 heteroatoms. The molecule has 2 heterocycles. The molecular formula is C17H30N2O3. The van der Waals surface area contributed by atoms with Crippen molar-refractivity contribution in [3.05, 3.63) is 0 Å². The van der Waals surface area contributed by atoms with Gasteiger partial charge in [-0.2, -0.15) is 0 Å². The second-order valence-electron chi connectivity index (χ2n) is 7.74. The number of ether oxygens (including phenoxy) is 1. The smallest absolute Gasteiger partial charge is 0.410 e. The zero-order valence-electron chi connectivity index (χ0n) is 14.4. The summed E-state index contributed by atoms with van der Waals surface area (Å²) in [4.78, 5) is 28.4. The number of rotatable bonds is 2. The van der Waals surface area contributed by atoms with Gasteiger partial charge in [-0.15, -0.1) is 0 Å². The van der Waals surface area contributed by atoms with Crippen molar-refractivity contribution in [2.24, 2.45) is 5.92 Å². The minimum atomic E-state index is -0.489. The third-order valence-corrected chi connectivity index (χ3v) is 4.55. The van der Waals surface area contributed by atoms with Crippen LogP contribution in [-0.4, -0.2) is 53.1 Å². The van der Waals surface area contributed by atoms with Crippen LogP contribution in [0.4, 0.5) is 4.79 Å². The van der Waals surface area contributed by atoms with E-state index in [2.05, 4.69) is 6.92 Å². The predicted octanol–water partition coefficient (Wildman–Crippen LogP) is 3.03. The molecule has 0 aromatic heterocycles. The molecule has 2 aliphatic heterocycles. The van der Waals surface area contributed by atoms with Crippen molar-refractivity contribution in [1.29, 1.82) is 0 Å². The Balaban J connectivity index is 1.88. The van der Waals surface area contributed by atoms with Gasteiger partial charge in [-0.1, -0.05) is 6.92 Å². The number of hydrogen-bond acceptors (Lipinski definition) is 3. The molecule has 1 atom stereocenters. The van der Waals surface area contributed by atoms with E-state index >= 15 is 0 Å². The molecule has 0 N–H and O–H groups in total. The number of carbonyl (C=O) groups excluding carboxylic acids is 2. The first-order chi connectivity index (χ1) is 10.3. The molecule has 5 nitrogen and oxygen atoms in total. The van der Waals surface area contributed by atoms with Gasteiger partial charge in [0.15, 0.2) is 0 Å². The predicted molar refractivity (Wildman–Crippen MR) is 85.6 cm³/mol. The van der Waals surface area contributed by atoms with E-state index in [1.54, 1.807) is 4.90 Å². The number of piperidine rings is 1. The van der Waals surface area contributed by atoms with Gasteiger partial charge in [0.05, 0.1) is 0 Å². The van der Waals surface area contributed by atoms with Crippen molar-refractivity contribution in [1.82, 2.24) is 9.80 Å². The summed E-state index contributed by atoms with van der Waals surface area (Å²) in [5.41, 5.74) is -0.489. The van der Waals surface area contributed by atoms with Gasteiger partial charge in [0, 0.05) is 32.1 Å². The fourth-order valence-corrected chi connectivity index (χ4v) is 3.20. The molecule has 0 spiro atoms. The summed E-state index contributed by atoms with van der Waals surface area (Å²) >= 11 is 0. The lowest BCUT2D eigenvalue weighted by Crippen LogP contribution is -2.44. The highest BCUT2D eigenvalue weighted by Gasteiger charge is 2.34. The van der Waals surface area contributed by atoms with Gasteiger partial charge in [0.1, 0.15) is 5.60 Å². The largest absolute Gasteiger partial charge is 0.444 e. The Morgan fingerprint density at radius 2 is 1.73 bits per heavy atom. The molecule has 0 saturated carbocycles. The highest BCUT2D eigenvalue weighted by atomic mass is 16.6. The second kappa shape index (κ2) is 6.88. The average molecular weight is 310 g/mol. The number of carbonyl (C=O) groups is 2. The van der Waals surface area contributed by atoms with Crippen LogP contribution in [0.15, 0.2) is 0 Å². The summed E-state index contributed by atoms with van der Waals surface area (Å²) in [5.74, 6) is 0.904. The van der Waals surface area contributed by atoms with Gasteiger partial charge in [-0.3, -0.25) is 4.79 Å². The molecule has 2 saturated heterocycles. The second-order valence-corrected chi connectivity index (χ2v) is 7.74. The zero-order valence-corrected chi connectivity index (χ0v) is 14.4. The summed E-state index contributed by atoms with van der Waals surface area (Å²) in [6.07, 6.45) is 4.19. The van der Waals surface area contributed by atoms with Crippen molar-refractivity contribution in [3.63, 3.8) is 0 Å². The lowest BCUT2D eigenvalue weighted by Gasteiger charge is -2.33. The first kappa shape index (κ1) is 17.1. The van der Waals surface area contributed by atoms with Crippen LogP contribution in [0.25, 0.3) is 0 Å². The molecule has 22 heavy (non-hydrogen) atoms. The summed E-state index contributed by atoms with van der Waals surface area (Å²) < 4.78 is 5.46. The Hall–Kier alpha value is -1.26. The number of nitrogens with zero attached hydrogens (tertiary/aromatic N) is 2. The molecule has 2 aliphatic rings. The molecule has 0 bridgehead atoms. The third kappa shape index (κ3) is 4.62. The van der Waals surface area contributed by atoms with Crippen LogP contribution in [0.3, 0.4) is 0 Å². The monoisotopic (exact) mass is 310 g/mol. The van der Waals surface area contributed by atoms with Crippen LogP contribution in [-0.2, 0) is 9.53 Å². The Kier molecular flexibility index (Phi) is 5.35. The van der Waals surface area contributed by atoms with E-state index in [1.165, 1.54) is 0 Å². The lowest BCUT2D eigenvalue weighted by molar-refractivity contribution is -0.133.